The van der Waals surface area contributed by atoms with Crippen LogP contribution in [0.3, 0.4) is 0 Å². The van der Waals surface area contributed by atoms with Crippen LogP contribution >= 0.6 is 11.8 Å². The molecule has 0 aromatic carbocycles. The van der Waals surface area contributed by atoms with Gasteiger partial charge in [-0.3, -0.25) is 14.9 Å². The van der Waals surface area contributed by atoms with E-state index in [0.717, 1.165) is 0 Å². The first-order valence-corrected chi connectivity index (χ1v) is 4.90. The highest BCUT2D eigenvalue weighted by atomic mass is 32.2. The smallest absolute Gasteiger partial charge is 0.231 e. The van der Waals surface area contributed by atoms with Gasteiger partial charge >= 0.3 is 0 Å². The maximum atomic E-state index is 11.3. The molecule has 0 aliphatic carbocycles. The minimum Gasteiger partial charge on any atom is -0.296 e. The van der Waals surface area contributed by atoms with Crippen LogP contribution in [0.5, 0.6) is 0 Å². The number of hydrogen-bond donors (Lipinski definition) is 1. The molecule has 3 aliphatic heterocycles. The summed E-state index contributed by atoms with van der Waals surface area (Å²) in [6.45, 7) is 0. The fraction of sp³-hybridized carbons (Fsp3) is 0.500. The van der Waals surface area contributed by atoms with E-state index in [-0.39, 0.29) is 34.2 Å². The highest BCUT2D eigenvalue weighted by Crippen LogP contribution is 2.50. The van der Waals surface area contributed by atoms with Crippen molar-refractivity contribution in [1.82, 2.24) is 5.32 Å². The quantitative estimate of drug-likeness (QED) is 0.420. The van der Waals surface area contributed by atoms with Crippen molar-refractivity contribution in [3.8, 4) is 0 Å². The van der Waals surface area contributed by atoms with Gasteiger partial charge in [0.1, 0.15) is 0 Å². The Kier molecular flexibility index (Phi) is 1.08. The Morgan fingerprint density at radius 1 is 1.08 bits per heavy atom. The summed E-state index contributed by atoms with van der Waals surface area (Å²) in [4.78, 5) is 22.6. The second kappa shape index (κ2) is 1.93. The molecule has 4 heteroatoms. The van der Waals surface area contributed by atoms with E-state index < -0.39 is 0 Å². The first-order valence-electron chi connectivity index (χ1n) is 3.96. The average Bonchev–Trinajstić information content (AvgIpc) is 2.64. The van der Waals surface area contributed by atoms with Crippen molar-refractivity contribution in [1.29, 1.82) is 0 Å². The molecule has 0 aromatic rings. The summed E-state index contributed by atoms with van der Waals surface area (Å²) in [5, 5.41) is 2.90. The SMILES string of the molecule is O=C1NC(=O)[C@H]2[C@@H]1[C@H]1C=C[C@@H]2S1. The molecule has 0 spiro atoms. The number of amides is 2. The molecule has 0 radical (unpaired) electrons. The van der Waals surface area contributed by atoms with E-state index >= 15 is 0 Å². The summed E-state index contributed by atoms with van der Waals surface area (Å²) in [7, 11) is 0. The monoisotopic (exact) mass is 181 g/mol. The molecule has 3 aliphatic rings. The molecule has 3 heterocycles. The number of rotatable bonds is 0. The van der Waals surface area contributed by atoms with Gasteiger partial charge in [0.05, 0.1) is 11.8 Å². The van der Waals surface area contributed by atoms with Gasteiger partial charge in [-0.2, -0.15) is 0 Å². The first kappa shape index (κ1) is 6.71. The van der Waals surface area contributed by atoms with E-state index in [0.29, 0.717) is 0 Å². The van der Waals surface area contributed by atoms with E-state index in [1.165, 1.54) is 0 Å². The Morgan fingerprint density at radius 3 is 2.08 bits per heavy atom. The van der Waals surface area contributed by atoms with Crippen molar-refractivity contribution < 1.29 is 9.59 Å². The lowest BCUT2D eigenvalue weighted by atomic mass is 9.85. The zero-order chi connectivity index (χ0) is 8.29. The molecule has 0 aromatic heterocycles. The van der Waals surface area contributed by atoms with Gasteiger partial charge in [-0.05, 0) is 0 Å². The predicted molar refractivity (Wildman–Crippen MR) is 44.4 cm³/mol. The molecule has 2 amide bonds. The molecular formula is C8H7NO2S. The molecule has 62 valence electrons. The van der Waals surface area contributed by atoms with E-state index in [9.17, 15) is 9.59 Å². The normalized spacial score (nSPS) is 48.3. The van der Waals surface area contributed by atoms with Crippen LogP contribution in [0.1, 0.15) is 0 Å². The van der Waals surface area contributed by atoms with Crippen molar-refractivity contribution >= 4 is 23.6 Å². The third kappa shape index (κ3) is 0.602. The Labute approximate surface area is 73.6 Å². The second-order valence-corrected chi connectivity index (χ2v) is 4.72. The van der Waals surface area contributed by atoms with Gasteiger partial charge in [0.15, 0.2) is 0 Å². The molecule has 0 saturated carbocycles. The third-order valence-corrected chi connectivity index (χ3v) is 4.28. The molecule has 2 bridgehead atoms. The predicted octanol–water partition coefficient (Wildman–Crippen LogP) is -0.0710. The van der Waals surface area contributed by atoms with Crippen LogP contribution in [-0.2, 0) is 9.59 Å². The van der Waals surface area contributed by atoms with Crippen molar-refractivity contribution in [3.05, 3.63) is 12.2 Å². The van der Waals surface area contributed by atoms with Gasteiger partial charge in [-0.15, -0.1) is 11.8 Å². The Balaban J connectivity index is 2.08. The molecule has 2 fully saturated rings. The van der Waals surface area contributed by atoms with Crippen LogP contribution in [0.2, 0.25) is 0 Å². The van der Waals surface area contributed by atoms with E-state index in [1.807, 2.05) is 0 Å². The number of hydrogen-bond acceptors (Lipinski definition) is 3. The van der Waals surface area contributed by atoms with E-state index in [1.54, 1.807) is 11.8 Å². The Morgan fingerprint density at radius 2 is 1.58 bits per heavy atom. The fourth-order valence-corrected chi connectivity index (χ4v) is 3.87. The summed E-state index contributed by atoms with van der Waals surface area (Å²) in [5.74, 6) is -0.293. The van der Waals surface area contributed by atoms with Crippen LogP contribution in [0.15, 0.2) is 12.2 Å². The Hall–Kier alpha value is -0.770. The molecule has 12 heavy (non-hydrogen) atoms. The number of imide groups is 1. The van der Waals surface area contributed by atoms with Gasteiger partial charge in [-0.25, -0.2) is 0 Å². The molecule has 0 unspecified atom stereocenters. The second-order valence-electron chi connectivity index (χ2n) is 3.36. The van der Waals surface area contributed by atoms with E-state index in [4.69, 9.17) is 0 Å². The molecule has 3 rings (SSSR count). The zero-order valence-electron chi connectivity index (χ0n) is 6.19. The van der Waals surface area contributed by atoms with Crippen LogP contribution in [-0.4, -0.2) is 22.3 Å². The van der Waals surface area contributed by atoms with Gasteiger partial charge in [0, 0.05) is 10.5 Å². The minimum absolute atomic E-state index is 0.0718. The van der Waals surface area contributed by atoms with Gasteiger partial charge in [-0.1, -0.05) is 12.2 Å². The van der Waals surface area contributed by atoms with Gasteiger partial charge < -0.3 is 0 Å². The highest BCUT2D eigenvalue weighted by Gasteiger charge is 2.56. The molecular weight excluding hydrogens is 174 g/mol. The maximum Gasteiger partial charge on any atom is 0.231 e. The highest BCUT2D eigenvalue weighted by molar-refractivity contribution is 8.01. The topological polar surface area (TPSA) is 46.2 Å². The molecule has 2 saturated heterocycles. The van der Waals surface area contributed by atoms with Gasteiger partial charge in [0.25, 0.3) is 0 Å². The first-order chi connectivity index (χ1) is 5.77. The summed E-state index contributed by atoms with van der Waals surface area (Å²) < 4.78 is 0. The number of nitrogens with one attached hydrogen (secondary N) is 1. The van der Waals surface area contributed by atoms with Crippen molar-refractivity contribution in [2.45, 2.75) is 10.5 Å². The number of thioether (sulfide) groups is 1. The average molecular weight is 181 g/mol. The standard InChI is InChI=1S/C8H7NO2S/c10-7-5-3-1-2-4(12-3)6(5)8(11)9-7/h1-6H,(H,9,10,11)/t3-,4+,5+,6-. The lowest BCUT2D eigenvalue weighted by Gasteiger charge is -2.12. The largest absolute Gasteiger partial charge is 0.296 e. The summed E-state index contributed by atoms with van der Waals surface area (Å²) in [5.41, 5.74) is 0. The van der Waals surface area contributed by atoms with Crippen molar-refractivity contribution in [2.24, 2.45) is 11.8 Å². The van der Waals surface area contributed by atoms with Crippen molar-refractivity contribution in [3.63, 3.8) is 0 Å². The lowest BCUT2D eigenvalue weighted by molar-refractivity contribution is -0.126. The van der Waals surface area contributed by atoms with Crippen LogP contribution in [0.25, 0.3) is 0 Å². The lowest BCUT2D eigenvalue weighted by Crippen LogP contribution is -2.26. The fourth-order valence-electron chi connectivity index (χ4n) is 2.22. The summed E-state index contributed by atoms with van der Waals surface area (Å²) in [6, 6.07) is 0. The Bertz CT molecular complexity index is 284. The van der Waals surface area contributed by atoms with Gasteiger partial charge in [0.2, 0.25) is 11.8 Å². The zero-order valence-corrected chi connectivity index (χ0v) is 7.01. The van der Waals surface area contributed by atoms with Crippen LogP contribution in [0, 0.1) is 11.8 Å². The molecule has 3 nitrogen and oxygen atoms in total. The maximum absolute atomic E-state index is 11.3. The summed E-state index contributed by atoms with van der Waals surface area (Å²) >= 11 is 1.74. The third-order valence-electron chi connectivity index (χ3n) is 2.75. The minimum atomic E-state index is -0.0747. The van der Waals surface area contributed by atoms with Crippen LogP contribution < -0.4 is 5.32 Å². The number of carbonyl (C=O) groups is 2. The van der Waals surface area contributed by atoms with E-state index in [2.05, 4.69) is 17.5 Å². The number of fused-ring (bicyclic) bond motifs is 5. The molecule has 4 atom stereocenters. The van der Waals surface area contributed by atoms with Crippen LogP contribution in [0.4, 0.5) is 0 Å². The summed E-state index contributed by atoms with van der Waals surface area (Å²) in [6.07, 6.45) is 4.10. The number of carbonyl (C=O) groups excluding carboxylic acids is 2. The van der Waals surface area contributed by atoms with Crippen molar-refractivity contribution in [2.75, 3.05) is 0 Å². The molecule has 1 N–H and O–H groups in total.